The van der Waals surface area contributed by atoms with E-state index >= 15 is 0 Å². The van der Waals surface area contributed by atoms with Gasteiger partial charge in [0, 0.05) is 44.1 Å². The zero-order valence-electron chi connectivity index (χ0n) is 19.5. The lowest BCUT2D eigenvalue weighted by atomic mass is 9.80. The van der Waals surface area contributed by atoms with Gasteiger partial charge in [0.25, 0.3) is 0 Å². The molecule has 178 valence electrons. The quantitative estimate of drug-likeness (QED) is 0.212. The van der Waals surface area contributed by atoms with Crippen molar-refractivity contribution in [3.8, 4) is 0 Å². The van der Waals surface area contributed by atoms with E-state index in [0.717, 1.165) is 76.5 Å². The zero-order chi connectivity index (χ0) is 21.2. The van der Waals surface area contributed by atoms with Crippen molar-refractivity contribution in [2.45, 2.75) is 77.2 Å². The van der Waals surface area contributed by atoms with Gasteiger partial charge in [-0.25, -0.2) is 0 Å². The monoisotopic (exact) mass is 548 g/mol. The number of nitrogens with zero attached hydrogens (tertiary/aromatic N) is 4. The lowest BCUT2D eigenvalue weighted by Crippen LogP contribution is -2.56. The number of rotatable bonds is 9. The lowest BCUT2D eigenvalue weighted by molar-refractivity contribution is -0.0333. The Morgan fingerprint density at radius 3 is 2.55 bits per heavy atom. The molecule has 0 spiro atoms. The van der Waals surface area contributed by atoms with Gasteiger partial charge in [0.2, 0.25) is 5.89 Å². The Balaban J connectivity index is 0.00000341. The fraction of sp³-hybridized carbons (Fsp3) is 0.864. The van der Waals surface area contributed by atoms with Crippen molar-refractivity contribution in [3.05, 3.63) is 11.7 Å². The van der Waals surface area contributed by atoms with Crippen molar-refractivity contribution in [2.24, 2.45) is 4.99 Å². The van der Waals surface area contributed by atoms with E-state index in [9.17, 15) is 0 Å². The van der Waals surface area contributed by atoms with Crippen LogP contribution in [0, 0.1) is 0 Å². The Bertz CT molecular complexity index is 654. The summed E-state index contributed by atoms with van der Waals surface area (Å²) in [4.78, 5) is 12.1. The molecule has 1 aromatic heterocycles. The van der Waals surface area contributed by atoms with Gasteiger partial charge in [-0.2, -0.15) is 4.98 Å². The predicted octanol–water partition coefficient (Wildman–Crippen LogP) is 3.33. The molecular formula is C22H41IN6O2. The maximum atomic E-state index is 5.60. The van der Waals surface area contributed by atoms with Crippen LogP contribution in [-0.4, -0.2) is 72.5 Å². The highest BCUT2D eigenvalue weighted by Gasteiger charge is 2.38. The lowest BCUT2D eigenvalue weighted by Gasteiger charge is -2.47. The largest absolute Gasteiger partial charge is 0.379 e. The molecule has 0 unspecified atom stereocenters. The minimum atomic E-state index is 0. The third-order valence-corrected chi connectivity index (χ3v) is 6.20. The summed E-state index contributed by atoms with van der Waals surface area (Å²) in [5.74, 6) is 2.71. The molecule has 0 radical (unpaired) electrons. The highest BCUT2D eigenvalue weighted by atomic mass is 127. The van der Waals surface area contributed by atoms with Crippen LogP contribution < -0.4 is 10.6 Å². The molecule has 0 atom stereocenters. The maximum absolute atomic E-state index is 5.60. The Labute approximate surface area is 204 Å². The molecule has 3 rings (SSSR count). The molecule has 0 aromatic carbocycles. The molecule has 1 saturated heterocycles. The molecule has 1 aromatic rings. The number of aryl methyl sites for hydroxylation is 1. The summed E-state index contributed by atoms with van der Waals surface area (Å²) in [6.07, 6.45) is 8.15. The average Bonchev–Trinajstić information content (AvgIpc) is 3.26. The summed E-state index contributed by atoms with van der Waals surface area (Å²) in [5, 5.41) is 10.9. The number of hydrogen-bond acceptors (Lipinski definition) is 6. The molecule has 2 heterocycles. The van der Waals surface area contributed by atoms with E-state index in [1.807, 2.05) is 0 Å². The van der Waals surface area contributed by atoms with Gasteiger partial charge in [-0.05, 0) is 26.2 Å². The molecule has 31 heavy (non-hydrogen) atoms. The molecule has 2 fully saturated rings. The highest BCUT2D eigenvalue weighted by Crippen LogP contribution is 2.34. The van der Waals surface area contributed by atoms with Gasteiger partial charge in [-0.3, -0.25) is 9.89 Å². The molecule has 2 aliphatic rings. The van der Waals surface area contributed by atoms with Gasteiger partial charge in [-0.1, -0.05) is 38.3 Å². The zero-order valence-corrected chi connectivity index (χ0v) is 21.8. The Kier molecular flexibility index (Phi) is 11.5. The van der Waals surface area contributed by atoms with Crippen LogP contribution in [0.15, 0.2) is 9.52 Å². The number of halogens is 1. The van der Waals surface area contributed by atoms with Gasteiger partial charge in [0.05, 0.1) is 19.8 Å². The van der Waals surface area contributed by atoms with Crippen molar-refractivity contribution < 1.29 is 9.26 Å². The number of morpholine rings is 1. The van der Waals surface area contributed by atoms with E-state index in [0.29, 0.717) is 5.92 Å². The first kappa shape index (κ1) is 26.3. The number of ether oxygens (including phenoxy) is 1. The number of aromatic nitrogens is 2. The second-order valence-electron chi connectivity index (χ2n) is 8.81. The summed E-state index contributed by atoms with van der Waals surface area (Å²) in [5.41, 5.74) is 0.196. The third-order valence-electron chi connectivity index (χ3n) is 6.20. The molecule has 0 amide bonds. The van der Waals surface area contributed by atoms with Crippen LogP contribution in [0.5, 0.6) is 0 Å². The summed E-state index contributed by atoms with van der Waals surface area (Å²) < 4.78 is 10.9. The molecule has 1 aliphatic carbocycles. The molecule has 1 aliphatic heterocycles. The standard InChI is InChI=1S/C22H40N6O2.HI/c1-4-23-21(24-12-8-9-19-26-20(18(2)3)27-30-19)25-17-22(10-6-5-7-11-22)28-13-15-29-16-14-28;/h18H,4-17H2,1-3H3,(H2,23,24,25);1H. The predicted molar refractivity (Wildman–Crippen MR) is 134 cm³/mol. The van der Waals surface area contributed by atoms with Gasteiger partial charge in [-0.15, -0.1) is 24.0 Å². The minimum absolute atomic E-state index is 0. The fourth-order valence-electron chi connectivity index (χ4n) is 4.44. The van der Waals surface area contributed by atoms with E-state index in [-0.39, 0.29) is 29.5 Å². The van der Waals surface area contributed by atoms with Gasteiger partial charge in [0.1, 0.15) is 0 Å². The third kappa shape index (κ3) is 7.85. The topological polar surface area (TPSA) is 87.8 Å². The van der Waals surface area contributed by atoms with Crippen molar-refractivity contribution >= 4 is 29.9 Å². The summed E-state index contributed by atoms with van der Waals surface area (Å²) >= 11 is 0. The van der Waals surface area contributed by atoms with Crippen LogP contribution in [0.1, 0.15) is 76.9 Å². The number of hydrogen-bond donors (Lipinski definition) is 2. The van der Waals surface area contributed by atoms with Gasteiger partial charge < -0.3 is 19.9 Å². The van der Waals surface area contributed by atoms with Gasteiger partial charge >= 0.3 is 0 Å². The van der Waals surface area contributed by atoms with Crippen LogP contribution in [0.3, 0.4) is 0 Å². The maximum Gasteiger partial charge on any atom is 0.226 e. The molecular weight excluding hydrogens is 507 g/mol. The first-order valence-electron chi connectivity index (χ1n) is 11.8. The van der Waals surface area contributed by atoms with E-state index in [1.54, 1.807) is 0 Å². The van der Waals surface area contributed by atoms with E-state index in [4.69, 9.17) is 14.3 Å². The van der Waals surface area contributed by atoms with Crippen LogP contribution in [0.2, 0.25) is 0 Å². The molecule has 8 nitrogen and oxygen atoms in total. The van der Waals surface area contributed by atoms with Crippen molar-refractivity contribution in [3.63, 3.8) is 0 Å². The van der Waals surface area contributed by atoms with Crippen LogP contribution in [0.4, 0.5) is 0 Å². The van der Waals surface area contributed by atoms with E-state index in [1.165, 1.54) is 32.1 Å². The Morgan fingerprint density at radius 2 is 1.90 bits per heavy atom. The highest BCUT2D eigenvalue weighted by molar-refractivity contribution is 14.0. The van der Waals surface area contributed by atoms with Gasteiger partial charge in [0.15, 0.2) is 11.8 Å². The summed E-state index contributed by atoms with van der Waals surface area (Å²) in [6.45, 7) is 12.6. The van der Waals surface area contributed by atoms with Crippen LogP contribution >= 0.6 is 24.0 Å². The summed E-state index contributed by atoms with van der Waals surface area (Å²) in [7, 11) is 0. The normalized spacial score (nSPS) is 19.8. The SMILES string of the molecule is CCNC(=NCC1(N2CCOCC2)CCCCC1)NCCCc1nc(C(C)C)no1.I. The number of aliphatic imine (C=N–C) groups is 1. The summed E-state index contributed by atoms with van der Waals surface area (Å²) in [6, 6.07) is 0. The molecule has 9 heteroatoms. The average molecular weight is 549 g/mol. The fourth-order valence-corrected chi connectivity index (χ4v) is 4.44. The van der Waals surface area contributed by atoms with Crippen LogP contribution in [0.25, 0.3) is 0 Å². The van der Waals surface area contributed by atoms with Crippen LogP contribution in [-0.2, 0) is 11.2 Å². The Morgan fingerprint density at radius 1 is 1.16 bits per heavy atom. The second kappa shape index (κ2) is 13.6. The minimum Gasteiger partial charge on any atom is -0.379 e. The van der Waals surface area contributed by atoms with Crippen molar-refractivity contribution in [1.29, 1.82) is 0 Å². The van der Waals surface area contributed by atoms with Crippen molar-refractivity contribution in [2.75, 3.05) is 45.9 Å². The Hall–Kier alpha value is -0.940. The first-order valence-corrected chi connectivity index (χ1v) is 11.8. The molecule has 1 saturated carbocycles. The van der Waals surface area contributed by atoms with E-state index < -0.39 is 0 Å². The second-order valence-corrected chi connectivity index (χ2v) is 8.81. The number of nitrogens with one attached hydrogen (secondary N) is 2. The van der Waals surface area contributed by atoms with E-state index in [2.05, 4.69) is 46.4 Å². The van der Waals surface area contributed by atoms with Crippen molar-refractivity contribution in [1.82, 2.24) is 25.7 Å². The molecule has 0 bridgehead atoms. The number of guanidine groups is 1. The smallest absolute Gasteiger partial charge is 0.226 e. The molecule has 2 N–H and O–H groups in total. The first-order chi connectivity index (χ1) is 14.6.